The molecule has 1 aromatic carbocycles. The Morgan fingerprint density at radius 3 is 2.02 bits per heavy atom. The van der Waals surface area contributed by atoms with E-state index in [4.69, 9.17) is 13.7 Å². The monoisotopic (exact) mass is 633 g/mol. The number of ether oxygens (including phenoxy) is 2. The van der Waals surface area contributed by atoms with Crippen LogP contribution in [-0.2, 0) is 39.8 Å². The fourth-order valence-corrected chi connectivity index (χ4v) is 7.74. The number of hydrogen-bond acceptors (Lipinski definition) is 9. The molecule has 0 radical (unpaired) electrons. The van der Waals surface area contributed by atoms with Gasteiger partial charge in [0.1, 0.15) is 27.4 Å². The quantitative estimate of drug-likeness (QED) is 0.105. The normalized spacial score (nSPS) is 13.3. The first kappa shape index (κ1) is 36.2. The number of benzene rings is 1. The standard InChI is InChI=1S/C31H47N3O7SSi/c1-9-43(10-2,11-3)18-12-13-27(21-39-30(35)23(4)5)34-20-26(32-33-34)19-28(22-40-31(36)24(6)7)41-42(37,38)29-16-14-25(8)15-17-29/h14-17,20,23-24,27-28H,9-11,13,19,21-22H2,1-8H3/t27-,28+/m0/s1. The van der Waals surface area contributed by atoms with Crippen molar-refractivity contribution >= 4 is 30.1 Å². The first-order chi connectivity index (χ1) is 20.3. The molecule has 0 fully saturated rings. The molecule has 0 N–H and O–H groups in total. The third-order valence-corrected chi connectivity index (χ3v) is 13.6. The molecule has 2 atom stereocenters. The van der Waals surface area contributed by atoms with Crippen LogP contribution in [0.2, 0.25) is 18.1 Å². The fraction of sp³-hybridized carbons (Fsp3) is 0.613. The van der Waals surface area contributed by atoms with E-state index in [1.54, 1.807) is 50.7 Å². The molecule has 2 aromatic rings. The van der Waals surface area contributed by atoms with Crippen molar-refractivity contribution in [1.82, 2.24) is 15.0 Å². The van der Waals surface area contributed by atoms with Crippen LogP contribution < -0.4 is 0 Å². The average molecular weight is 634 g/mol. The van der Waals surface area contributed by atoms with Crippen molar-refractivity contribution in [2.75, 3.05) is 13.2 Å². The lowest BCUT2D eigenvalue weighted by Gasteiger charge is -2.20. The van der Waals surface area contributed by atoms with Gasteiger partial charge in [0.15, 0.2) is 0 Å². The number of rotatable bonds is 16. The van der Waals surface area contributed by atoms with Gasteiger partial charge in [0.05, 0.1) is 28.5 Å². The van der Waals surface area contributed by atoms with Crippen LogP contribution in [0.5, 0.6) is 0 Å². The van der Waals surface area contributed by atoms with Gasteiger partial charge < -0.3 is 9.47 Å². The molecule has 0 spiro atoms. The van der Waals surface area contributed by atoms with E-state index in [1.165, 1.54) is 12.1 Å². The van der Waals surface area contributed by atoms with Gasteiger partial charge >= 0.3 is 11.9 Å². The summed E-state index contributed by atoms with van der Waals surface area (Å²) in [5, 5.41) is 8.50. The second-order valence-electron chi connectivity index (χ2n) is 11.4. The van der Waals surface area contributed by atoms with E-state index in [2.05, 4.69) is 42.5 Å². The maximum absolute atomic E-state index is 13.0. The Balaban J connectivity index is 2.32. The topological polar surface area (TPSA) is 127 Å². The minimum Gasteiger partial charge on any atom is -0.463 e. The van der Waals surface area contributed by atoms with Gasteiger partial charge in [-0.3, -0.25) is 13.8 Å². The number of carbonyl (C=O) groups is 2. The van der Waals surface area contributed by atoms with E-state index in [0.717, 1.165) is 23.7 Å². The molecule has 0 amide bonds. The van der Waals surface area contributed by atoms with Gasteiger partial charge in [-0.25, -0.2) is 4.68 Å². The molecule has 0 saturated heterocycles. The highest BCUT2D eigenvalue weighted by atomic mass is 32.2. The van der Waals surface area contributed by atoms with E-state index in [9.17, 15) is 18.0 Å². The first-order valence-electron chi connectivity index (χ1n) is 15.0. The minimum absolute atomic E-state index is 0.00147. The van der Waals surface area contributed by atoms with E-state index in [-0.39, 0.29) is 48.4 Å². The molecule has 12 heteroatoms. The number of nitrogens with zero attached hydrogens (tertiary/aromatic N) is 3. The molecule has 10 nitrogen and oxygen atoms in total. The zero-order valence-corrected chi connectivity index (χ0v) is 28.6. The summed E-state index contributed by atoms with van der Waals surface area (Å²) in [5.74, 6) is 1.89. The zero-order valence-electron chi connectivity index (χ0n) is 26.8. The molecule has 43 heavy (non-hydrogen) atoms. The van der Waals surface area contributed by atoms with Gasteiger partial charge in [-0.05, 0) is 37.2 Å². The Kier molecular flexibility index (Phi) is 14.1. The summed E-state index contributed by atoms with van der Waals surface area (Å²) in [4.78, 5) is 24.4. The van der Waals surface area contributed by atoms with Gasteiger partial charge in [-0.15, -0.1) is 16.6 Å². The number of hydrogen-bond donors (Lipinski definition) is 0. The lowest BCUT2D eigenvalue weighted by Crippen LogP contribution is -2.29. The van der Waals surface area contributed by atoms with E-state index in [0.29, 0.717) is 12.1 Å². The molecule has 1 heterocycles. The van der Waals surface area contributed by atoms with Gasteiger partial charge in [0.2, 0.25) is 0 Å². The summed E-state index contributed by atoms with van der Waals surface area (Å²) in [7, 11) is -5.83. The summed E-state index contributed by atoms with van der Waals surface area (Å²) >= 11 is 0. The summed E-state index contributed by atoms with van der Waals surface area (Å²) in [6.45, 7) is 15.1. The molecular weight excluding hydrogens is 587 g/mol. The van der Waals surface area contributed by atoms with Gasteiger partial charge in [0, 0.05) is 19.0 Å². The van der Waals surface area contributed by atoms with Gasteiger partial charge in [-0.1, -0.05) is 71.4 Å². The number of aryl methyl sites for hydroxylation is 1. The molecule has 0 aliphatic rings. The highest BCUT2D eigenvalue weighted by Gasteiger charge is 2.27. The summed E-state index contributed by atoms with van der Waals surface area (Å²) in [5.41, 5.74) is 4.90. The van der Waals surface area contributed by atoms with Crippen LogP contribution in [0.25, 0.3) is 0 Å². The molecule has 0 bridgehead atoms. The highest BCUT2D eigenvalue weighted by Crippen LogP contribution is 2.21. The van der Waals surface area contributed by atoms with Crippen LogP contribution in [-0.4, -0.2) is 62.7 Å². The molecular formula is C31H47N3O7SSi. The van der Waals surface area contributed by atoms with Gasteiger partial charge in [-0.2, -0.15) is 8.42 Å². The summed E-state index contributed by atoms with van der Waals surface area (Å²) < 4.78 is 44.1. The maximum Gasteiger partial charge on any atom is 0.308 e. The second kappa shape index (κ2) is 16.7. The van der Waals surface area contributed by atoms with Crippen molar-refractivity contribution in [3.8, 4) is 11.5 Å². The Labute approximate surface area is 258 Å². The second-order valence-corrected chi connectivity index (χ2v) is 18.0. The summed E-state index contributed by atoms with van der Waals surface area (Å²) in [6, 6.07) is 9.12. The fourth-order valence-electron chi connectivity index (χ4n) is 4.17. The lowest BCUT2D eigenvalue weighted by molar-refractivity contribution is -0.150. The van der Waals surface area contributed by atoms with Crippen molar-refractivity contribution in [3.63, 3.8) is 0 Å². The Morgan fingerprint density at radius 2 is 1.49 bits per heavy atom. The molecule has 0 saturated carbocycles. The van der Waals surface area contributed by atoms with Crippen LogP contribution in [0.3, 0.4) is 0 Å². The van der Waals surface area contributed by atoms with E-state index < -0.39 is 30.3 Å². The highest BCUT2D eigenvalue weighted by molar-refractivity contribution is 7.86. The van der Waals surface area contributed by atoms with Crippen molar-refractivity contribution in [1.29, 1.82) is 0 Å². The van der Waals surface area contributed by atoms with Gasteiger partial charge in [0.25, 0.3) is 10.1 Å². The first-order valence-corrected chi connectivity index (χ1v) is 19.0. The lowest BCUT2D eigenvalue weighted by atomic mass is 10.2. The Hall–Kier alpha value is -3.01. The van der Waals surface area contributed by atoms with Crippen molar-refractivity contribution in [2.24, 2.45) is 11.8 Å². The average Bonchev–Trinajstić information content (AvgIpc) is 3.43. The predicted molar refractivity (Wildman–Crippen MR) is 167 cm³/mol. The van der Waals surface area contributed by atoms with Crippen LogP contribution in [0.1, 0.15) is 72.2 Å². The molecule has 0 unspecified atom stereocenters. The molecule has 238 valence electrons. The van der Waals surface area contributed by atoms with E-state index in [1.807, 2.05) is 6.92 Å². The van der Waals surface area contributed by atoms with Crippen molar-refractivity contribution in [3.05, 3.63) is 41.7 Å². The minimum atomic E-state index is -4.15. The number of carbonyl (C=O) groups excluding carboxylic acids is 2. The summed E-state index contributed by atoms with van der Waals surface area (Å²) in [6.07, 6.45) is 1.05. The Bertz CT molecular complexity index is 1350. The van der Waals surface area contributed by atoms with Crippen molar-refractivity contribution in [2.45, 2.75) is 103 Å². The van der Waals surface area contributed by atoms with Crippen LogP contribution in [0.4, 0.5) is 0 Å². The number of esters is 2. The van der Waals surface area contributed by atoms with Crippen LogP contribution >= 0.6 is 0 Å². The Morgan fingerprint density at radius 1 is 0.930 bits per heavy atom. The zero-order chi connectivity index (χ0) is 32.2. The SMILES string of the molecule is CC[Si](C#CC[C@@H](COC(=O)C(C)C)n1cc(C[C@H](COC(=O)C(C)C)OS(=O)(=O)c2ccc(C)cc2)nn1)(CC)CC. The predicted octanol–water partition coefficient (Wildman–Crippen LogP) is 5.28. The molecule has 0 aliphatic heterocycles. The maximum atomic E-state index is 13.0. The third-order valence-electron chi connectivity index (χ3n) is 7.43. The van der Waals surface area contributed by atoms with Crippen LogP contribution in [0.15, 0.2) is 35.4 Å². The molecule has 0 aliphatic carbocycles. The smallest absolute Gasteiger partial charge is 0.308 e. The van der Waals surface area contributed by atoms with E-state index >= 15 is 0 Å². The largest absolute Gasteiger partial charge is 0.463 e. The molecule has 1 aromatic heterocycles. The van der Waals surface area contributed by atoms with Crippen molar-refractivity contribution < 1.29 is 31.7 Å². The third kappa shape index (κ3) is 11.2. The number of aromatic nitrogens is 3. The molecule has 2 rings (SSSR count). The van der Waals surface area contributed by atoms with Crippen LogP contribution in [0, 0.1) is 30.2 Å².